The number of carboxylic acids is 1. The molecule has 2 nitrogen and oxygen atoms in total. The number of carboxylic acid groups (broad SMARTS) is 1. The maximum atomic E-state index is 10.8. The molecule has 76 valence electrons. The van der Waals surface area contributed by atoms with Crippen LogP contribution in [0.4, 0.5) is 0 Å². The monoisotopic (exact) mass is 274 g/mol. The van der Waals surface area contributed by atoms with Gasteiger partial charge in [-0.05, 0) is 34.1 Å². The number of hydrogen-bond donors (Lipinski definition) is 1. The summed E-state index contributed by atoms with van der Waals surface area (Å²) in [7, 11) is 0. The molecule has 0 spiro atoms. The minimum Gasteiger partial charge on any atom is -0.478 e. The molecular weight excluding hydrogens is 264 g/mol. The van der Waals surface area contributed by atoms with Gasteiger partial charge in [0.05, 0.1) is 5.56 Å². The summed E-state index contributed by atoms with van der Waals surface area (Å²) in [6, 6.07) is 5.38. The topological polar surface area (TPSA) is 37.3 Å². The number of halogens is 1. The van der Waals surface area contributed by atoms with Crippen molar-refractivity contribution in [2.75, 3.05) is 0 Å². The first kappa shape index (κ1) is 11.6. The summed E-state index contributed by atoms with van der Waals surface area (Å²) in [5.74, 6) is -0.900. The Balaban J connectivity index is 3.00. The summed E-state index contributed by atoms with van der Waals surface area (Å²) in [4.78, 5) is 11.8. The maximum absolute atomic E-state index is 10.8. The molecule has 0 bridgehead atoms. The van der Waals surface area contributed by atoms with Gasteiger partial charge < -0.3 is 5.11 Å². The van der Waals surface area contributed by atoms with Crippen LogP contribution in [0.15, 0.2) is 27.6 Å². The third-order valence-electron chi connectivity index (χ3n) is 1.54. The van der Waals surface area contributed by atoms with Crippen LogP contribution in [0.5, 0.6) is 0 Å². The predicted molar refractivity (Wildman–Crippen MR) is 62.1 cm³/mol. The van der Waals surface area contributed by atoms with Crippen LogP contribution in [0.1, 0.15) is 24.2 Å². The van der Waals surface area contributed by atoms with Gasteiger partial charge in [0.25, 0.3) is 0 Å². The Labute approximate surface area is 95.8 Å². The average molecular weight is 275 g/mol. The van der Waals surface area contributed by atoms with Crippen molar-refractivity contribution in [3.05, 3.63) is 28.2 Å². The molecule has 0 aliphatic heterocycles. The molecule has 0 saturated heterocycles. The van der Waals surface area contributed by atoms with Crippen molar-refractivity contribution < 1.29 is 9.90 Å². The fraction of sp³-hybridized carbons (Fsp3) is 0.300. The summed E-state index contributed by atoms with van der Waals surface area (Å²) in [6.07, 6.45) is 0. The highest BCUT2D eigenvalue weighted by molar-refractivity contribution is 9.10. The van der Waals surface area contributed by atoms with Gasteiger partial charge >= 0.3 is 5.97 Å². The zero-order chi connectivity index (χ0) is 10.7. The van der Waals surface area contributed by atoms with Gasteiger partial charge in [0, 0.05) is 14.6 Å². The van der Waals surface area contributed by atoms with Gasteiger partial charge in [0.15, 0.2) is 0 Å². The van der Waals surface area contributed by atoms with E-state index < -0.39 is 5.97 Å². The highest BCUT2D eigenvalue weighted by atomic mass is 79.9. The third kappa shape index (κ3) is 3.03. The summed E-state index contributed by atoms with van der Waals surface area (Å²) in [6.45, 7) is 4.15. The molecule has 14 heavy (non-hydrogen) atoms. The molecule has 0 unspecified atom stereocenters. The van der Waals surface area contributed by atoms with Gasteiger partial charge in [-0.1, -0.05) is 13.8 Å². The molecule has 1 aromatic carbocycles. The lowest BCUT2D eigenvalue weighted by Crippen LogP contribution is -1.98. The van der Waals surface area contributed by atoms with Gasteiger partial charge in [-0.25, -0.2) is 4.79 Å². The second-order valence-electron chi connectivity index (χ2n) is 3.11. The number of thioether (sulfide) groups is 1. The van der Waals surface area contributed by atoms with Crippen LogP contribution >= 0.6 is 27.7 Å². The number of hydrogen-bond acceptors (Lipinski definition) is 2. The van der Waals surface area contributed by atoms with E-state index in [0.29, 0.717) is 15.3 Å². The molecule has 4 heteroatoms. The first-order chi connectivity index (χ1) is 6.50. The van der Waals surface area contributed by atoms with Crippen molar-refractivity contribution in [2.24, 2.45) is 0 Å². The van der Waals surface area contributed by atoms with Crippen LogP contribution in [-0.4, -0.2) is 16.3 Å². The Bertz CT molecular complexity index is 350. The van der Waals surface area contributed by atoms with Crippen molar-refractivity contribution in [2.45, 2.75) is 24.0 Å². The van der Waals surface area contributed by atoms with Gasteiger partial charge in [0.1, 0.15) is 0 Å². The second-order valence-corrected chi connectivity index (χ2v) is 5.62. The zero-order valence-electron chi connectivity index (χ0n) is 7.95. The molecule has 0 fully saturated rings. The average Bonchev–Trinajstić information content (AvgIpc) is 2.07. The molecule has 1 rings (SSSR count). The summed E-state index contributed by atoms with van der Waals surface area (Å²) in [5.41, 5.74) is 0.315. The first-order valence-electron chi connectivity index (χ1n) is 4.20. The largest absolute Gasteiger partial charge is 0.478 e. The Hall–Kier alpha value is -0.480. The normalized spacial score (nSPS) is 10.6. The Morgan fingerprint density at radius 3 is 2.64 bits per heavy atom. The van der Waals surface area contributed by atoms with Crippen molar-refractivity contribution in [3.63, 3.8) is 0 Å². The maximum Gasteiger partial charge on any atom is 0.336 e. The molecule has 0 amide bonds. The molecule has 0 aliphatic rings. The van der Waals surface area contributed by atoms with Crippen LogP contribution < -0.4 is 0 Å². The lowest BCUT2D eigenvalue weighted by molar-refractivity contribution is 0.0695. The van der Waals surface area contributed by atoms with Crippen LogP contribution in [0, 0.1) is 0 Å². The Morgan fingerprint density at radius 1 is 1.50 bits per heavy atom. The smallest absolute Gasteiger partial charge is 0.336 e. The summed E-state index contributed by atoms with van der Waals surface area (Å²) >= 11 is 4.86. The molecule has 0 radical (unpaired) electrons. The summed E-state index contributed by atoms with van der Waals surface area (Å²) in [5, 5.41) is 9.34. The first-order valence-corrected chi connectivity index (χ1v) is 5.87. The molecule has 0 aliphatic carbocycles. The van der Waals surface area contributed by atoms with Crippen LogP contribution in [0.3, 0.4) is 0 Å². The highest BCUT2D eigenvalue weighted by Gasteiger charge is 2.09. The molecule has 0 aromatic heterocycles. The number of aromatic carboxylic acids is 1. The van der Waals surface area contributed by atoms with E-state index in [1.807, 2.05) is 6.07 Å². The minimum absolute atomic E-state index is 0.315. The standard InChI is InChI=1S/C10H11BrO2S/c1-6(2)14-7-3-4-9(11)8(5-7)10(12)13/h3-6H,1-2H3,(H,12,13). The highest BCUT2D eigenvalue weighted by Crippen LogP contribution is 2.27. The molecule has 1 aromatic rings. The minimum atomic E-state index is -0.900. The lowest BCUT2D eigenvalue weighted by atomic mass is 10.2. The van der Waals surface area contributed by atoms with Crippen LogP contribution in [-0.2, 0) is 0 Å². The van der Waals surface area contributed by atoms with Gasteiger partial charge in [0.2, 0.25) is 0 Å². The van der Waals surface area contributed by atoms with E-state index in [0.717, 1.165) is 4.90 Å². The fourth-order valence-corrected chi connectivity index (χ4v) is 2.31. The van der Waals surface area contributed by atoms with E-state index in [-0.39, 0.29) is 0 Å². The quantitative estimate of drug-likeness (QED) is 0.855. The molecule has 0 saturated carbocycles. The van der Waals surface area contributed by atoms with E-state index in [4.69, 9.17) is 5.11 Å². The van der Waals surface area contributed by atoms with Crippen molar-refractivity contribution in [1.29, 1.82) is 0 Å². The fourth-order valence-electron chi connectivity index (χ4n) is 1.01. The molecular formula is C10H11BrO2S. The van der Waals surface area contributed by atoms with E-state index in [1.54, 1.807) is 23.9 Å². The zero-order valence-corrected chi connectivity index (χ0v) is 10.4. The second kappa shape index (κ2) is 4.84. The molecule has 0 heterocycles. The number of benzene rings is 1. The Morgan fingerprint density at radius 2 is 2.14 bits per heavy atom. The van der Waals surface area contributed by atoms with Crippen molar-refractivity contribution in [3.8, 4) is 0 Å². The SMILES string of the molecule is CC(C)Sc1ccc(Br)c(C(=O)O)c1. The van der Waals surface area contributed by atoms with Gasteiger partial charge in [-0.2, -0.15) is 0 Å². The van der Waals surface area contributed by atoms with Crippen molar-refractivity contribution in [1.82, 2.24) is 0 Å². The van der Waals surface area contributed by atoms with Gasteiger partial charge in [-0.15, -0.1) is 11.8 Å². The predicted octanol–water partition coefficient (Wildman–Crippen LogP) is 3.65. The van der Waals surface area contributed by atoms with E-state index in [2.05, 4.69) is 29.8 Å². The number of carbonyl (C=O) groups is 1. The van der Waals surface area contributed by atoms with Crippen LogP contribution in [0.2, 0.25) is 0 Å². The number of rotatable bonds is 3. The third-order valence-corrected chi connectivity index (χ3v) is 3.23. The van der Waals surface area contributed by atoms with Crippen LogP contribution in [0.25, 0.3) is 0 Å². The Kier molecular flexibility index (Phi) is 4.01. The molecule has 0 atom stereocenters. The molecule has 1 N–H and O–H groups in total. The van der Waals surface area contributed by atoms with E-state index >= 15 is 0 Å². The lowest BCUT2D eigenvalue weighted by Gasteiger charge is -2.06. The van der Waals surface area contributed by atoms with Crippen molar-refractivity contribution >= 4 is 33.7 Å². The summed E-state index contributed by atoms with van der Waals surface area (Å²) < 4.78 is 0.623. The van der Waals surface area contributed by atoms with E-state index in [9.17, 15) is 4.79 Å². The van der Waals surface area contributed by atoms with E-state index in [1.165, 1.54) is 0 Å². The van der Waals surface area contributed by atoms with Gasteiger partial charge in [-0.3, -0.25) is 0 Å².